The summed E-state index contributed by atoms with van der Waals surface area (Å²) in [5.41, 5.74) is 10.0. The van der Waals surface area contributed by atoms with Gasteiger partial charge in [-0.3, -0.25) is 4.40 Å². The Kier molecular flexibility index (Phi) is 5.25. The second-order valence-electron chi connectivity index (χ2n) is 9.24. The fourth-order valence-electron chi connectivity index (χ4n) is 5.02. The minimum absolute atomic E-state index is 0.213. The Morgan fingerprint density at radius 2 is 1.60 bits per heavy atom. The smallest absolute Gasteiger partial charge is 0.219 e. The SMILES string of the molecule is COc1ccc2c(c1)CCc1c-2nc(Cc2ccccc2)c2nc(Cc3ccc(C)cc3)c(O)n12. The van der Waals surface area contributed by atoms with E-state index in [9.17, 15) is 5.11 Å². The molecule has 0 amide bonds. The minimum Gasteiger partial charge on any atom is -0.497 e. The molecule has 0 aliphatic heterocycles. The zero-order valence-corrected chi connectivity index (χ0v) is 20.0. The van der Waals surface area contributed by atoms with Crippen LogP contribution in [0.4, 0.5) is 0 Å². The van der Waals surface area contributed by atoms with Crippen molar-refractivity contribution in [2.45, 2.75) is 32.6 Å². The number of aromatic nitrogens is 3. The highest BCUT2D eigenvalue weighted by Crippen LogP contribution is 2.38. The molecule has 1 aliphatic rings. The van der Waals surface area contributed by atoms with Gasteiger partial charge in [0.25, 0.3) is 0 Å². The van der Waals surface area contributed by atoms with Gasteiger partial charge >= 0.3 is 0 Å². The Labute approximate surface area is 204 Å². The largest absolute Gasteiger partial charge is 0.497 e. The van der Waals surface area contributed by atoms with Crippen molar-refractivity contribution in [3.8, 4) is 22.9 Å². The third-order valence-corrected chi connectivity index (χ3v) is 6.88. The first-order valence-electron chi connectivity index (χ1n) is 12.0. The molecular formula is C30H27N3O2. The molecule has 0 saturated heterocycles. The van der Waals surface area contributed by atoms with Gasteiger partial charge in [-0.15, -0.1) is 0 Å². The lowest BCUT2D eigenvalue weighted by molar-refractivity contribution is 0.414. The van der Waals surface area contributed by atoms with E-state index in [1.807, 2.05) is 28.7 Å². The van der Waals surface area contributed by atoms with Crippen LogP contribution < -0.4 is 4.74 Å². The van der Waals surface area contributed by atoms with Gasteiger partial charge in [0.05, 0.1) is 24.2 Å². The molecule has 0 saturated carbocycles. The highest BCUT2D eigenvalue weighted by Gasteiger charge is 2.26. The van der Waals surface area contributed by atoms with Crippen molar-refractivity contribution in [2.24, 2.45) is 0 Å². The molecule has 35 heavy (non-hydrogen) atoms. The van der Waals surface area contributed by atoms with E-state index in [-0.39, 0.29) is 5.88 Å². The van der Waals surface area contributed by atoms with E-state index in [4.69, 9.17) is 14.7 Å². The summed E-state index contributed by atoms with van der Waals surface area (Å²) >= 11 is 0. The highest BCUT2D eigenvalue weighted by molar-refractivity contribution is 5.72. The summed E-state index contributed by atoms with van der Waals surface area (Å²) in [6, 6.07) is 24.8. The summed E-state index contributed by atoms with van der Waals surface area (Å²) in [7, 11) is 1.69. The van der Waals surface area contributed by atoms with E-state index in [0.717, 1.165) is 58.0 Å². The normalized spacial score (nSPS) is 12.4. The van der Waals surface area contributed by atoms with Crippen molar-refractivity contribution in [3.05, 3.63) is 112 Å². The fraction of sp³-hybridized carbons (Fsp3) is 0.200. The molecule has 0 unspecified atom stereocenters. The van der Waals surface area contributed by atoms with Crippen molar-refractivity contribution in [1.29, 1.82) is 0 Å². The number of benzene rings is 3. The number of hydrogen-bond donors (Lipinski definition) is 1. The first-order valence-corrected chi connectivity index (χ1v) is 12.0. The summed E-state index contributed by atoms with van der Waals surface area (Å²) in [6.45, 7) is 2.08. The maximum atomic E-state index is 11.4. The molecule has 5 aromatic rings. The quantitative estimate of drug-likeness (QED) is 0.365. The molecule has 0 fully saturated rings. The Morgan fingerprint density at radius 1 is 0.857 bits per heavy atom. The van der Waals surface area contributed by atoms with Gasteiger partial charge in [0.2, 0.25) is 5.88 Å². The Hall–Kier alpha value is -4.12. The zero-order chi connectivity index (χ0) is 23.9. The Bertz CT molecular complexity index is 1540. The van der Waals surface area contributed by atoms with E-state index in [2.05, 4.69) is 55.5 Å². The van der Waals surface area contributed by atoms with Crippen LogP contribution in [0.5, 0.6) is 11.6 Å². The number of aromatic hydroxyl groups is 1. The fourth-order valence-corrected chi connectivity index (χ4v) is 5.02. The van der Waals surface area contributed by atoms with Gasteiger partial charge in [-0.05, 0) is 54.7 Å². The summed E-state index contributed by atoms with van der Waals surface area (Å²) in [5, 5.41) is 11.4. The number of rotatable bonds is 5. The molecule has 5 heteroatoms. The maximum Gasteiger partial charge on any atom is 0.219 e. The average molecular weight is 462 g/mol. The lowest BCUT2D eigenvalue weighted by Crippen LogP contribution is -2.13. The van der Waals surface area contributed by atoms with E-state index in [1.165, 1.54) is 11.1 Å². The van der Waals surface area contributed by atoms with Gasteiger partial charge < -0.3 is 9.84 Å². The molecule has 1 aliphatic carbocycles. The van der Waals surface area contributed by atoms with Gasteiger partial charge in [-0.2, -0.15) is 0 Å². The second-order valence-corrected chi connectivity index (χ2v) is 9.24. The summed E-state index contributed by atoms with van der Waals surface area (Å²) < 4.78 is 7.39. The third kappa shape index (κ3) is 3.83. The zero-order valence-electron chi connectivity index (χ0n) is 20.0. The van der Waals surface area contributed by atoms with Crippen LogP contribution in [-0.4, -0.2) is 26.6 Å². The molecule has 2 heterocycles. The predicted molar refractivity (Wildman–Crippen MR) is 137 cm³/mol. The standard InChI is InChI=1S/C30H27N3O2/c1-19-8-10-21(11-9-19)17-26-30(34)33-27-15-12-22-18-23(35-2)13-14-24(22)28(27)31-25(29(33)32-26)16-20-6-4-3-5-7-20/h3-11,13-14,18,34H,12,15-17H2,1-2H3. The molecule has 3 aromatic carbocycles. The monoisotopic (exact) mass is 461 g/mol. The van der Waals surface area contributed by atoms with Crippen LogP contribution in [-0.2, 0) is 25.7 Å². The number of hydrogen-bond acceptors (Lipinski definition) is 4. The lowest BCUT2D eigenvalue weighted by Gasteiger charge is -2.22. The Balaban J connectivity index is 1.54. The molecule has 1 N–H and O–H groups in total. The van der Waals surface area contributed by atoms with E-state index in [1.54, 1.807) is 7.11 Å². The third-order valence-electron chi connectivity index (χ3n) is 6.88. The van der Waals surface area contributed by atoms with Crippen molar-refractivity contribution < 1.29 is 9.84 Å². The first kappa shape index (κ1) is 21.4. The van der Waals surface area contributed by atoms with Crippen molar-refractivity contribution >= 4 is 5.65 Å². The van der Waals surface area contributed by atoms with Crippen LogP contribution in [0.25, 0.3) is 16.9 Å². The summed E-state index contributed by atoms with van der Waals surface area (Å²) in [4.78, 5) is 10.1. The number of imidazole rings is 1. The van der Waals surface area contributed by atoms with Crippen molar-refractivity contribution in [2.75, 3.05) is 7.11 Å². The number of fused-ring (bicyclic) bond motifs is 5. The predicted octanol–water partition coefficient (Wildman–Crippen LogP) is 5.70. The molecular weight excluding hydrogens is 434 g/mol. The van der Waals surface area contributed by atoms with Crippen molar-refractivity contribution in [1.82, 2.24) is 14.4 Å². The Morgan fingerprint density at radius 3 is 2.37 bits per heavy atom. The lowest BCUT2D eigenvalue weighted by atomic mass is 9.91. The first-order chi connectivity index (χ1) is 17.1. The minimum atomic E-state index is 0.213. The van der Waals surface area contributed by atoms with E-state index < -0.39 is 0 Å². The van der Waals surface area contributed by atoms with Crippen LogP contribution in [0.3, 0.4) is 0 Å². The molecule has 0 bridgehead atoms. The molecule has 0 radical (unpaired) electrons. The topological polar surface area (TPSA) is 59.7 Å². The van der Waals surface area contributed by atoms with Crippen LogP contribution in [0.2, 0.25) is 0 Å². The molecule has 5 nitrogen and oxygen atoms in total. The molecule has 6 rings (SSSR count). The van der Waals surface area contributed by atoms with Gasteiger partial charge in [0, 0.05) is 18.4 Å². The van der Waals surface area contributed by atoms with Gasteiger partial charge in [-0.25, -0.2) is 9.97 Å². The molecule has 0 spiro atoms. The molecule has 2 aromatic heterocycles. The molecule has 0 atom stereocenters. The van der Waals surface area contributed by atoms with Gasteiger partial charge in [0.1, 0.15) is 11.4 Å². The van der Waals surface area contributed by atoms with Crippen LogP contribution in [0.15, 0.2) is 72.8 Å². The van der Waals surface area contributed by atoms with Gasteiger partial charge in [-0.1, -0.05) is 60.2 Å². The van der Waals surface area contributed by atoms with E-state index in [0.29, 0.717) is 18.5 Å². The number of methoxy groups -OCH3 is 1. The van der Waals surface area contributed by atoms with Crippen LogP contribution in [0.1, 0.15) is 39.3 Å². The average Bonchev–Trinajstić information content (AvgIpc) is 3.22. The molecule has 174 valence electrons. The number of aryl methyl sites for hydroxylation is 3. The van der Waals surface area contributed by atoms with Gasteiger partial charge in [0.15, 0.2) is 5.65 Å². The maximum absolute atomic E-state index is 11.4. The number of nitrogens with zero attached hydrogens (tertiary/aromatic N) is 3. The van der Waals surface area contributed by atoms with Crippen molar-refractivity contribution in [3.63, 3.8) is 0 Å². The highest BCUT2D eigenvalue weighted by atomic mass is 16.5. The van der Waals surface area contributed by atoms with Crippen LogP contribution >= 0.6 is 0 Å². The van der Waals surface area contributed by atoms with E-state index >= 15 is 0 Å². The summed E-state index contributed by atoms with van der Waals surface area (Å²) in [6.07, 6.45) is 2.85. The van der Waals surface area contributed by atoms with Crippen LogP contribution in [0, 0.1) is 6.92 Å². The summed E-state index contributed by atoms with van der Waals surface area (Å²) in [5.74, 6) is 1.06. The second kappa shape index (κ2) is 8.58. The number of ether oxygens (including phenoxy) is 1.